The van der Waals surface area contributed by atoms with Crippen molar-refractivity contribution in [3.63, 3.8) is 0 Å². The molecule has 1 heterocycles. The fourth-order valence-corrected chi connectivity index (χ4v) is 3.13. The van der Waals surface area contributed by atoms with Crippen LogP contribution in [-0.2, 0) is 21.9 Å². The van der Waals surface area contributed by atoms with Crippen LogP contribution in [0.25, 0.3) is 0 Å². The maximum Gasteiger partial charge on any atom is 0.304 e. The van der Waals surface area contributed by atoms with Gasteiger partial charge in [-0.2, -0.15) is 0 Å². The van der Waals surface area contributed by atoms with Crippen LogP contribution in [0.3, 0.4) is 0 Å². The van der Waals surface area contributed by atoms with Crippen molar-refractivity contribution in [2.75, 3.05) is 0 Å². The summed E-state index contributed by atoms with van der Waals surface area (Å²) in [7, 11) is -2.14. The van der Waals surface area contributed by atoms with Crippen molar-refractivity contribution in [1.29, 1.82) is 0 Å². The molecule has 0 amide bonds. The maximum atomic E-state index is 12.1. The zero-order valence-electron chi connectivity index (χ0n) is 12.1. The predicted octanol–water partition coefficient (Wildman–Crippen LogP) is 0.978. The molecule has 20 heavy (non-hydrogen) atoms. The molecule has 1 unspecified atom stereocenters. The molecule has 0 aliphatic carbocycles. The minimum Gasteiger partial charge on any atom is -0.481 e. The van der Waals surface area contributed by atoms with E-state index in [0.29, 0.717) is 6.42 Å². The topological polar surface area (TPSA) is 101 Å². The van der Waals surface area contributed by atoms with Gasteiger partial charge in [-0.1, -0.05) is 20.8 Å². The highest BCUT2D eigenvalue weighted by molar-refractivity contribution is 7.89. The molecule has 0 aliphatic rings. The van der Waals surface area contributed by atoms with E-state index < -0.39 is 22.0 Å². The largest absolute Gasteiger partial charge is 0.481 e. The molecule has 1 aromatic heterocycles. The van der Waals surface area contributed by atoms with Crippen LogP contribution in [-0.4, -0.2) is 35.1 Å². The highest BCUT2D eigenvalue weighted by atomic mass is 32.2. The second-order valence-electron chi connectivity index (χ2n) is 6.06. The highest BCUT2D eigenvalue weighted by Crippen LogP contribution is 2.23. The lowest BCUT2D eigenvalue weighted by Gasteiger charge is -2.25. The van der Waals surface area contributed by atoms with Gasteiger partial charge < -0.3 is 9.67 Å². The van der Waals surface area contributed by atoms with E-state index in [1.807, 2.05) is 20.8 Å². The summed E-state index contributed by atoms with van der Waals surface area (Å²) in [5.74, 6) is -1.04. The smallest absolute Gasteiger partial charge is 0.304 e. The summed E-state index contributed by atoms with van der Waals surface area (Å²) in [6, 6.07) is -0.667. The van der Waals surface area contributed by atoms with Gasteiger partial charge in [0.05, 0.1) is 12.7 Å². The number of carbonyl (C=O) groups is 1. The number of nitrogens with zero attached hydrogens (tertiary/aromatic N) is 2. The average molecular weight is 303 g/mol. The van der Waals surface area contributed by atoms with Gasteiger partial charge >= 0.3 is 5.97 Å². The van der Waals surface area contributed by atoms with E-state index in [-0.39, 0.29) is 16.9 Å². The molecule has 0 saturated carbocycles. The first-order chi connectivity index (χ1) is 8.99. The summed E-state index contributed by atoms with van der Waals surface area (Å²) in [6.07, 6.45) is 2.91. The molecule has 0 aromatic carbocycles. The van der Waals surface area contributed by atoms with Gasteiger partial charge in [0.15, 0.2) is 5.03 Å². The Labute approximate surface area is 119 Å². The number of sulfonamides is 1. The van der Waals surface area contributed by atoms with Crippen LogP contribution in [0.4, 0.5) is 0 Å². The summed E-state index contributed by atoms with van der Waals surface area (Å²) in [4.78, 5) is 14.6. The molecule has 1 aromatic rings. The molecule has 7 nitrogen and oxygen atoms in total. The number of carboxylic acids is 1. The quantitative estimate of drug-likeness (QED) is 0.815. The molecule has 8 heteroatoms. The Balaban J connectivity index is 2.91. The zero-order valence-corrected chi connectivity index (χ0v) is 12.9. The summed E-state index contributed by atoms with van der Waals surface area (Å²) in [5, 5.41) is 8.79. The number of nitrogens with one attached hydrogen (secondary N) is 1. The van der Waals surface area contributed by atoms with Gasteiger partial charge in [0.1, 0.15) is 0 Å². The van der Waals surface area contributed by atoms with Crippen molar-refractivity contribution >= 4 is 16.0 Å². The van der Waals surface area contributed by atoms with E-state index in [2.05, 4.69) is 9.71 Å². The third-order valence-corrected chi connectivity index (χ3v) is 3.96. The van der Waals surface area contributed by atoms with Crippen molar-refractivity contribution in [3.8, 4) is 0 Å². The van der Waals surface area contributed by atoms with Crippen LogP contribution in [0, 0.1) is 5.41 Å². The molecule has 1 atom stereocenters. The van der Waals surface area contributed by atoms with E-state index in [9.17, 15) is 13.2 Å². The molecular weight excluding hydrogens is 282 g/mol. The Hall–Kier alpha value is -1.41. The Morgan fingerprint density at radius 1 is 1.50 bits per heavy atom. The van der Waals surface area contributed by atoms with Crippen LogP contribution in [0.2, 0.25) is 0 Å². The van der Waals surface area contributed by atoms with Gasteiger partial charge in [-0.15, -0.1) is 0 Å². The van der Waals surface area contributed by atoms with Crippen LogP contribution in [0.15, 0.2) is 17.6 Å². The predicted molar refractivity (Wildman–Crippen MR) is 73.6 cm³/mol. The summed E-state index contributed by atoms with van der Waals surface area (Å²) in [6.45, 7) is 5.78. The highest BCUT2D eigenvalue weighted by Gasteiger charge is 2.27. The van der Waals surface area contributed by atoms with Gasteiger partial charge in [0.25, 0.3) is 10.0 Å². The number of rotatable bonds is 6. The molecule has 1 rings (SSSR count). The van der Waals surface area contributed by atoms with Crippen molar-refractivity contribution in [3.05, 3.63) is 12.5 Å². The second-order valence-corrected chi connectivity index (χ2v) is 7.72. The first-order valence-corrected chi connectivity index (χ1v) is 7.70. The van der Waals surface area contributed by atoms with Crippen molar-refractivity contribution in [2.24, 2.45) is 12.5 Å². The molecule has 0 bridgehead atoms. The van der Waals surface area contributed by atoms with Gasteiger partial charge in [-0.05, 0) is 11.8 Å². The number of aryl methyl sites for hydroxylation is 1. The lowest BCUT2D eigenvalue weighted by atomic mass is 9.87. The standard InChI is InChI=1S/C12H21N3O4S/c1-12(2,3)6-9(5-11(16)17)14-20(18,19)10-7-15(4)8-13-10/h7-9,14H,5-6H2,1-4H3,(H,16,17). The number of aliphatic carboxylic acids is 1. The van der Waals surface area contributed by atoms with E-state index in [4.69, 9.17) is 5.11 Å². The second kappa shape index (κ2) is 5.92. The van der Waals surface area contributed by atoms with Crippen LogP contribution in [0.5, 0.6) is 0 Å². The van der Waals surface area contributed by atoms with Crippen LogP contribution < -0.4 is 4.72 Å². The van der Waals surface area contributed by atoms with E-state index in [0.717, 1.165) is 0 Å². The number of aromatic nitrogens is 2. The monoisotopic (exact) mass is 303 g/mol. The lowest BCUT2D eigenvalue weighted by Crippen LogP contribution is -2.39. The fourth-order valence-electron chi connectivity index (χ4n) is 1.91. The molecule has 0 radical (unpaired) electrons. The molecule has 0 spiro atoms. The Morgan fingerprint density at radius 2 is 2.10 bits per heavy atom. The first kappa shape index (κ1) is 16.6. The van der Waals surface area contributed by atoms with E-state index in [1.54, 1.807) is 7.05 Å². The average Bonchev–Trinajstić information content (AvgIpc) is 2.60. The van der Waals surface area contributed by atoms with Gasteiger partial charge in [0.2, 0.25) is 0 Å². The fraction of sp³-hybridized carbons (Fsp3) is 0.667. The van der Waals surface area contributed by atoms with Gasteiger partial charge in [0, 0.05) is 19.3 Å². The third kappa shape index (κ3) is 5.30. The van der Waals surface area contributed by atoms with Gasteiger partial charge in [-0.3, -0.25) is 4.79 Å². The van der Waals surface area contributed by atoms with Crippen LogP contribution >= 0.6 is 0 Å². The molecule has 0 saturated heterocycles. The normalized spacial score (nSPS) is 14.2. The SMILES string of the molecule is Cn1cnc(S(=O)(=O)NC(CC(=O)O)CC(C)(C)C)c1. The Kier molecular flexibility index (Phi) is 4.93. The van der Waals surface area contributed by atoms with Crippen LogP contribution in [0.1, 0.15) is 33.6 Å². The molecule has 114 valence electrons. The van der Waals surface area contributed by atoms with Gasteiger partial charge in [-0.25, -0.2) is 18.1 Å². The van der Waals surface area contributed by atoms with Crippen molar-refractivity contribution < 1.29 is 18.3 Å². The van der Waals surface area contributed by atoms with Crippen molar-refractivity contribution in [2.45, 2.75) is 44.7 Å². The Bertz CT molecular complexity index is 572. The summed E-state index contributed by atoms with van der Waals surface area (Å²) in [5.41, 5.74) is -0.188. The summed E-state index contributed by atoms with van der Waals surface area (Å²) < 4.78 is 28.2. The lowest BCUT2D eigenvalue weighted by molar-refractivity contribution is -0.137. The molecule has 0 aliphatic heterocycles. The first-order valence-electron chi connectivity index (χ1n) is 6.22. The minimum atomic E-state index is -3.80. The number of imidazole rings is 1. The summed E-state index contributed by atoms with van der Waals surface area (Å²) >= 11 is 0. The van der Waals surface area contributed by atoms with Crippen molar-refractivity contribution in [1.82, 2.24) is 14.3 Å². The maximum absolute atomic E-state index is 12.1. The molecular formula is C12H21N3O4S. The molecule has 2 N–H and O–H groups in total. The molecule has 0 fully saturated rings. The van der Waals surface area contributed by atoms with E-state index >= 15 is 0 Å². The number of hydrogen-bond donors (Lipinski definition) is 2. The number of carboxylic acid groups (broad SMARTS) is 1. The zero-order chi connectivity index (χ0) is 15.6. The van der Waals surface area contributed by atoms with E-state index in [1.165, 1.54) is 17.1 Å². The Morgan fingerprint density at radius 3 is 2.50 bits per heavy atom. The minimum absolute atomic E-state index is 0.107. The third-order valence-electron chi connectivity index (χ3n) is 2.56. The number of hydrogen-bond acceptors (Lipinski definition) is 4.